The van der Waals surface area contributed by atoms with Gasteiger partial charge in [-0.15, -0.1) is 11.8 Å². The molecule has 0 saturated heterocycles. The summed E-state index contributed by atoms with van der Waals surface area (Å²) in [6.45, 7) is 1.51. The third kappa shape index (κ3) is 4.08. The highest BCUT2D eigenvalue weighted by Crippen LogP contribution is 2.31. The Labute approximate surface area is 155 Å². The number of nitrogens with zero attached hydrogens (tertiary/aromatic N) is 2. The number of benzene rings is 2. The first-order valence-corrected chi connectivity index (χ1v) is 8.73. The number of methoxy groups -OCH3 is 1. The second-order valence-electron chi connectivity index (χ2n) is 5.78. The van der Waals surface area contributed by atoms with E-state index in [1.54, 1.807) is 12.1 Å². The average molecular weight is 398 g/mol. The Morgan fingerprint density at radius 1 is 1.22 bits per heavy atom. The maximum atomic E-state index is 14.5. The van der Waals surface area contributed by atoms with E-state index >= 15 is 0 Å². The minimum Gasteiger partial charge on any atom is -0.497 e. The van der Waals surface area contributed by atoms with Crippen molar-refractivity contribution in [3.63, 3.8) is 0 Å². The predicted octanol–water partition coefficient (Wildman–Crippen LogP) is 4.50. The lowest BCUT2D eigenvalue weighted by Crippen LogP contribution is -2.20. The fraction of sp³-hybridized carbons (Fsp3) is 0.222. The number of fused-ring (bicyclic) bond motifs is 1. The summed E-state index contributed by atoms with van der Waals surface area (Å²) in [4.78, 5) is 17.1. The van der Waals surface area contributed by atoms with Crippen molar-refractivity contribution in [1.82, 2.24) is 9.55 Å². The SMILES string of the molecule is COc1ccc2ncn(-c3cc(SCC(F)(F)F)c(C)cc3F)c(=O)c2c1. The third-order valence-electron chi connectivity index (χ3n) is 3.86. The van der Waals surface area contributed by atoms with Crippen LogP contribution in [0.2, 0.25) is 0 Å². The van der Waals surface area contributed by atoms with Gasteiger partial charge in [-0.05, 0) is 42.8 Å². The first-order valence-electron chi connectivity index (χ1n) is 7.75. The van der Waals surface area contributed by atoms with Gasteiger partial charge in [-0.3, -0.25) is 9.36 Å². The number of hydrogen-bond acceptors (Lipinski definition) is 4. The van der Waals surface area contributed by atoms with Gasteiger partial charge in [-0.1, -0.05) is 0 Å². The van der Waals surface area contributed by atoms with Crippen molar-refractivity contribution in [2.75, 3.05) is 12.9 Å². The van der Waals surface area contributed by atoms with Crippen LogP contribution >= 0.6 is 11.8 Å². The van der Waals surface area contributed by atoms with E-state index in [4.69, 9.17) is 4.74 Å². The summed E-state index contributed by atoms with van der Waals surface area (Å²) < 4.78 is 58.1. The zero-order chi connectivity index (χ0) is 19.8. The molecular weight excluding hydrogens is 384 g/mol. The number of hydrogen-bond donors (Lipinski definition) is 0. The zero-order valence-corrected chi connectivity index (χ0v) is 15.1. The summed E-state index contributed by atoms with van der Waals surface area (Å²) in [6.07, 6.45) is -3.20. The van der Waals surface area contributed by atoms with E-state index in [0.717, 1.165) is 17.0 Å². The van der Waals surface area contributed by atoms with Crippen molar-refractivity contribution in [2.24, 2.45) is 0 Å². The summed E-state index contributed by atoms with van der Waals surface area (Å²) in [5.74, 6) is -1.40. The van der Waals surface area contributed by atoms with Crippen LogP contribution in [-0.2, 0) is 0 Å². The smallest absolute Gasteiger partial charge is 0.398 e. The van der Waals surface area contributed by atoms with Gasteiger partial charge < -0.3 is 4.74 Å². The number of alkyl halides is 3. The molecule has 3 aromatic rings. The van der Waals surface area contributed by atoms with Gasteiger partial charge in [-0.25, -0.2) is 9.37 Å². The highest BCUT2D eigenvalue weighted by atomic mass is 32.2. The summed E-state index contributed by atoms with van der Waals surface area (Å²) in [5, 5.41) is 0.210. The number of thioether (sulfide) groups is 1. The third-order valence-corrected chi connectivity index (χ3v) is 5.08. The highest BCUT2D eigenvalue weighted by Gasteiger charge is 2.28. The van der Waals surface area contributed by atoms with Crippen molar-refractivity contribution >= 4 is 22.7 Å². The lowest BCUT2D eigenvalue weighted by molar-refractivity contribution is -0.105. The number of ether oxygens (including phenoxy) is 1. The van der Waals surface area contributed by atoms with E-state index in [1.807, 2.05) is 0 Å². The molecule has 27 heavy (non-hydrogen) atoms. The molecule has 0 aliphatic carbocycles. The number of halogens is 4. The van der Waals surface area contributed by atoms with Crippen LogP contribution in [0.1, 0.15) is 5.56 Å². The van der Waals surface area contributed by atoms with E-state index in [-0.39, 0.29) is 16.0 Å². The van der Waals surface area contributed by atoms with E-state index in [9.17, 15) is 22.4 Å². The van der Waals surface area contributed by atoms with Crippen LogP contribution in [-0.4, -0.2) is 28.6 Å². The zero-order valence-electron chi connectivity index (χ0n) is 14.3. The van der Waals surface area contributed by atoms with Gasteiger partial charge in [-0.2, -0.15) is 13.2 Å². The molecule has 2 aromatic carbocycles. The molecule has 1 aromatic heterocycles. The van der Waals surface area contributed by atoms with E-state index in [2.05, 4.69) is 4.98 Å². The second-order valence-corrected chi connectivity index (χ2v) is 6.79. The summed E-state index contributed by atoms with van der Waals surface area (Å²) in [5.41, 5.74) is 0.0473. The molecule has 0 atom stereocenters. The molecule has 4 nitrogen and oxygen atoms in total. The number of aryl methyl sites for hydroxylation is 1. The molecule has 0 radical (unpaired) electrons. The van der Waals surface area contributed by atoms with Gasteiger partial charge in [0.1, 0.15) is 17.9 Å². The van der Waals surface area contributed by atoms with Gasteiger partial charge >= 0.3 is 6.18 Å². The van der Waals surface area contributed by atoms with Crippen molar-refractivity contribution in [2.45, 2.75) is 18.0 Å². The van der Waals surface area contributed by atoms with Crippen LogP contribution in [0.4, 0.5) is 17.6 Å². The summed E-state index contributed by atoms with van der Waals surface area (Å²) in [6, 6.07) is 7.05. The van der Waals surface area contributed by atoms with Crippen molar-refractivity contribution in [3.8, 4) is 11.4 Å². The fourth-order valence-corrected chi connectivity index (χ4v) is 3.34. The quantitative estimate of drug-likeness (QED) is 0.480. The number of rotatable bonds is 4. The Hall–Kier alpha value is -2.55. The molecule has 0 N–H and O–H groups in total. The van der Waals surface area contributed by atoms with E-state index in [1.165, 1.54) is 26.2 Å². The minimum absolute atomic E-state index is 0.160. The monoisotopic (exact) mass is 398 g/mol. The highest BCUT2D eigenvalue weighted by molar-refractivity contribution is 7.99. The first kappa shape index (κ1) is 19.2. The van der Waals surface area contributed by atoms with Crippen molar-refractivity contribution in [1.29, 1.82) is 0 Å². The Bertz CT molecular complexity index is 1060. The Balaban J connectivity index is 2.13. The fourth-order valence-electron chi connectivity index (χ4n) is 2.54. The van der Waals surface area contributed by atoms with E-state index < -0.39 is 23.3 Å². The topological polar surface area (TPSA) is 44.1 Å². The first-order chi connectivity index (χ1) is 12.7. The second kappa shape index (κ2) is 7.22. The van der Waals surface area contributed by atoms with Gasteiger partial charge in [0, 0.05) is 4.90 Å². The molecule has 0 unspecified atom stereocenters. The maximum absolute atomic E-state index is 14.5. The van der Waals surface area contributed by atoms with E-state index in [0.29, 0.717) is 28.6 Å². The molecule has 0 aliphatic rings. The van der Waals surface area contributed by atoms with Crippen LogP contribution in [0.25, 0.3) is 16.6 Å². The molecule has 0 saturated carbocycles. The van der Waals surface area contributed by atoms with Crippen LogP contribution in [0, 0.1) is 12.7 Å². The lowest BCUT2D eigenvalue weighted by atomic mass is 10.2. The molecule has 0 fully saturated rings. The van der Waals surface area contributed by atoms with Crippen LogP contribution in [0.3, 0.4) is 0 Å². The molecule has 0 amide bonds. The lowest BCUT2D eigenvalue weighted by Gasteiger charge is -2.13. The van der Waals surface area contributed by atoms with Gasteiger partial charge in [0.25, 0.3) is 5.56 Å². The van der Waals surface area contributed by atoms with Crippen molar-refractivity contribution < 1.29 is 22.3 Å². The largest absolute Gasteiger partial charge is 0.497 e. The van der Waals surface area contributed by atoms with Crippen molar-refractivity contribution in [3.05, 3.63) is 58.4 Å². The average Bonchev–Trinajstić information content (AvgIpc) is 2.61. The molecular formula is C18H14F4N2O2S. The standard InChI is InChI=1S/C18H14F4N2O2S/c1-10-5-13(19)15(7-16(10)27-8-18(20,21)22)24-9-23-14-4-3-11(26-2)6-12(14)17(24)25/h3-7,9H,8H2,1-2H3. The van der Waals surface area contributed by atoms with Gasteiger partial charge in [0.05, 0.1) is 29.5 Å². The van der Waals surface area contributed by atoms with Crippen LogP contribution < -0.4 is 10.3 Å². The normalized spacial score (nSPS) is 11.8. The van der Waals surface area contributed by atoms with Gasteiger partial charge in [0.15, 0.2) is 0 Å². The molecule has 3 rings (SSSR count). The summed E-state index contributed by atoms with van der Waals surface area (Å²) >= 11 is 0.540. The molecule has 1 heterocycles. The molecule has 9 heteroatoms. The minimum atomic E-state index is -4.36. The summed E-state index contributed by atoms with van der Waals surface area (Å²) in [7, 11) is 1.44. The molecule has 142 valence electrons. The number of aromatic nitrogens is 2. The maximum Gasteiger partial charge on any atom is 0.398 e. The Kier molecular flexibility index (Phi) is 5.14. The van der Waals surface area contributed by atoms with Gasteiger partial charge in [0.2, 0.25) is 0 Å². The molecule has 0 spiro atoms. The van der Waals surface area contributed by atoms with Crippen LogP contribution in [0.15, 0.2) is 46.3 Å². The Morgan fingerprint density at radius 2 is 1.96 bits per heavy atom. The molecule has 0 aliphatic heterocycles. The predicted molar refractivity (Wildman–Crippen MR) is 95.4 cm³/mol. The Morgan fingerprint density at radius 3 is 2.63 bits per heavy atom. The molecule has 0 bridgehead atoms. The van der Waals surface area contributed by atoms with Crippen LogP contribution in [0.5, 0.6) is 5.75 Å².